The molecular formula is C18H16BrN3O2S. The van der Waals surface area contributed by atoms with Gasteiger partial charge in [0.15, 0.2) is 0 Å². The molecule has 2 aromatic heterocycles. The molecule has 0 spiro atoms. The van der Waals surface area contributed by atoms with Crippen LogP contribution >= 0.6 is 27.3 Å². The van der Waals surface area contributed by atoms with Gasteiger partial charge < -0.3 is 5.32 Å². The molecule has 1 aliphatic rings. The van der Waals surface area contributed by atoms with E-state index in [1.54, 1.807) is 11.3 Å². The lowest BCUT2D eigenvalue weighted by atomic mass is 10.2. The first-order valence-corrected chi connectivity index (χ1v) is 9.69. The molecule has 0 bridgehead atoms. The minimum atomic E-state index is -0.250. The number of thiophene rings is 1. The second kappa shape index (κ2) is 6.38. The monoisotopic (exact) mass is 417 g/mol. The highest BCUT2D eigenvalue weighted by atomic mass is 79.9. The van der Waals surface area contributed by atoms with Gasteiger partial charge in [-0.1, -0.05) is 6.07 Å². The average Bonchev–Trinajstić information content (AvgIpc) is 3.13. The number of carbonyl (C=O) groups excluding carboxylic acids is 1. The molecule has 0 radical (unpaired) electrons. The largest absolute Gasteiger partial charge is 0.324 e. The first-order valence-electron chi connectivity index (χ1n) is 8.08. The summed E-state index contributed by atoms with van der Waals surface area (Å²) >= 11 is 5.05. The van der Waals surface area contributed by atoms with Crippen LogP contribution in [0.25, 0.3) is 10.2 Å². The van der Waals surface area contributed by atoms with Gasteiger partial charge in [0, 0.05) is 9.35 Å². The maximum atomic E-state index is 12.8. The number of rotatable bonds is 3. The Labute approximate surface area is 156 Å². The molecule has 0 saturated carbocycles. The average molecular weight is 418 g/mol. The number of halogens is 1. The van der Waals surface area contributed by atoms with Crippen molar-refractivity contribution in [1.82, 2.24) is 9.55 Å². The molecule has 3 aromatic rings. The molecule has 1 N–H and O–H groups in total. The van der Waals surface area contributed by atoms with Crippen LogP contribution in [0.5, 0.6) is 0 Å². The predicted octanol–water partition coefficient (Wildman–Crippen LogP) is 3.66. The van der Waals surface area contributed by atoms with Gasteiger partial charge >= 0.3 is 0 Å². The molecule has 2 heterocycles. The highest BCUT2D eigenvalue weighted by Crippen LogP contribution is 2.34. The molecule has 1 aliphatic carbocycles. The molecule has 1 aromatic carbocycles. The summed E-state index contributed by atoms with van der Waals surface area (Å²) in [6, 6.07) is 5.70. The SMILES string of the molecule is Cc1ccc(NC(=O)Cn2cnc3sc4c(c3c2=O)CCC4)c(Br)c1. The number of nitrogens with one attached hydrogen (secondary N) is 1. The van der Waals surface area contributed by atoms with Crippen molar-refractivity contribution in [2.24, 2.45) is 0 Å². The summed E-state index contributed by atoms with van der Waals surface area (Å²) in [5.41, 5.74) is 2.80. The Balaban J connectivity index is 1.61. The van der Waals surface area contributed by atoms with Crippen molar-refractivity contribution >= 4 is 49.1 Å². The Hall–Kier alpha value is -1.99. The summed E-state index contributed by atoms with van der Waals surface area (Å²) in [4.78, 5) is 31.6. The van der Waals surface area contributed by atoms with Crippen molar-refractivity contribution in [3.05, 3.63) is 55.4 Å². The van der Waals surface area contributed by atoms with E-state index in [1.165, 1.54) is 15.8 Å². The number of aryl methyl sites for hydroxylation is 3. The fraction of sp³-hybridized carbons (Fsp3) is 0.278. The molecule has 0 saturated heterocycles. The quantitative estimate of drug-likeness (QED) is 0.706. The van der Waals surface area contributed by atoms with Crippen molar-refractivity contribution < 1.29 is 4.79 Å². The zero-order chi connectivity index (χ0) is 17.6. The maximum Gasteiger partial charge on any atom is 0.262 e. The number of nitrogens with zero attached hydrogens (tertiary/aromatic N) is 2. The third-order valence-corrected chi connectivity index (χ3v) is 6.26. The number of hydrogen-bond acceptors (Lipinski definition) is 4. The lowest BCUT2D eigenvalue weighted by Crippen LogP contribution is -2.28. The summed E-state index contributed by atoms with van der Waals surface area (Å²) in [7, 11) is 0. The van der Waals surface area contributed by atoms with Crippen LogP contribution in [0, 0.1) is 6.92 Å². The number of hydrogen-bond donors (Lipinski definition) is 1. The van der Waals surface area contributed by atoms with E-state index in [-0.39, 0.29) is 18.0 Å². The van der Waals surface area contributed by atoms with Gasteiger partial charge in [-0.2, -0.15) is 0 Å². The number of fused-ring (bicyclic) bond motifs is 3. The highest BCUT2D eigenvalue weighted by molar-refractivity contribution is 9.10. The Bertz CT molecular complexity index is 1050. The van der Waals surface area contributed by atoms with Gasteiger partial charge in [-0.3, -0.25) is 14.2 Å². The first kappa shape index (κ1) is 16.5. The minimum absolute atomic E-state index is 0.0489. The van der Waals surface area contributed by atoms with Crippen molar-refractivity contribution in [2.45, 2.75) is 32.7 Å². The predicted molar refractivity (Wildman–Crippen MR) is 103 cm³/mol. The van der Waals surface area contributed by atoms with E-state index < -0.39 is 0 Å². The van der Waals surface area contributed by atoms with Gasteiger partial charge in [-0.15, -0.1) is 11.3 Å². The van der Waals surface area contributed by atoms with E-state index in [0.29, 0.717) is 11.1 Å². The van der Waals surface area contributed by atoms with E-state index >= 15 is 0 Å². The van der Waals surface area contributed by atoms with Crippen LogP contribution in [0.4, 0.5) is 5.69 Å². The molecule has 0 atom stereocenters. The maximum absolute atomic E-state index is 12.8. The van der Waals surface area contributed by atoms with E-state index in [4.69, 9.17) is 0 Å². The number of anilines is 1. The lowest BCUT2D eigenvalue weighted by Gasteiger charge is -2.09. The third-order valence-electron chi connectivity index (χ3n) is 4.40. The molecule has 4 rings (SSSR count). The van der Waals surface area contributed by atoms with Crippen LogP contribution in [-0.4, -0.2) is 15.5 Å². The lowest BCUT2D eigenvalue weighted by molar-refractivity contribution is -0.116. The number of carbonyl (C=O) groups is 1. The van der Waals surface area contributed by atoms with Crippen LogP contribution in [0.15, 0.2) is 33.8 Å². The number of aromatic nitrogens is 2. The molecule has 0 fully saturated rings. The molecule has 7 heteroatoms. The Kier molecular flexibility index (Phi) is 4.21. The molecule has 1 amide bonds. The molecule has 25 heavy (non-hydrogen) atoms. The number of benzene rings is 1. The third kappa shape index (κ3) is 3.02. The van der Waals surface area contributed by atoms with Crippen LogP contribution in [0.1, 0.15) is 22.4 Å². The minimum Gasteiger partial charge on any atom is -0.324 e. The number of amides is 1. The summed E-state index contributed by atoms with van der Waals surface area (Å²) in [5.74, 6) is -0.250. The van der Waals surface area contributed by atoms with E-state index in [0.717, 1.165) is 39.7 Å². The summed E-state index contributed by atoms with van der Waals surface area (Å²) in [6.07, 6.45) is 4.52. The normalized spacial score (nSPS) is 13.2. The van der Waals surface area contributed by atoms with Gasteiger partial charge in [-0.25, -0.2) is 4.98 Å². The van der Waals surface area contributed by atoms with Gasteiger partial charge in [0.1, 0.15) is 11.4 Å². The zero-order valence-corrected chi connectivity index (χ0v) is 16.0. The fourth-order valence-electron chi connectivity index (χ4n) is 3.20. The van der Waals surface area contributed by atoms with E-state index in [9.17, 15) is 9.59 Å². The van der Waals surface area contributed by atoms with Crippen LogP contribution < -0.4 is 10.9 Å². The standard InChI is InChI=1S/C18H16BrN3O2S/c1-10-5-6-13(12(19)7-10)21-15(23)8-22-9-20-17-16(18(22)24)11-3-2-4-14(11)25-17/h5-7,9H,2-4,8H2,1H3,(H,21,23). The first-order chi connectivity index (χ1) is 12.0. The van der Waals surface area contributed by atoms with Crippen molar-refractivity contribution in [3.63, 3.8) is 0 Å². The van der Waals surface area contributed by atoms with Gasteiger partial charge in [-0.05, 0) is 65.4 Å². The van der Waals surface area contributed by atoms with Crippen molar-refractivity contribution in [2.75, 3.05) is 5.32 Å². The second-order valence-corrected chi connectivity index (χ2v) is 8.18. The highest BCUT2D eigenvalue weighted by Gasteiger charge is 2.21. The van der Waals surface area contributed by atoms with Crippen molar-refractivity contribution in [3.8, 4) is 0 Å². The van der Waals surface area contributed by atoms with E-state index in [1.807, 2.05) is 25.1 Å². The van der Waals surface area contributed by atoms with Gasteiger partial charge in [0.05, 0.1) is 17.4 Å². The smallest absolute Gasteiger partial charge is 0.262 e. The fourth-order valence-corrected chi connectivity index (χ4v) is 5.01. The van der Waals surface area contributed by atoms with Crippen molar-refractivity contribution in [1.29, 1.82) is 0 Å². The summed E-state index contributed by atoms with van der Waals surface area (Å²) < 4.78 is 2.21. The zero-order valence-electron chi connectivity index (χ0n) is 13.6. The van der Waals surface area contributed by atoms with Crippen LogP contribution in [0.2, 0.25) is 0 Å². The topological polar surface area (TPSA) is 64.0 Å². The second-order valence-electron chi connectivity index (χ2n) is 6.25. The summed E-state index contributed by atoms with van der Waals surface area (Å²) in [5, 5.41) is 3.54. The molecule has 0 unspecified atom stereocenters. The Morgan fingerprint density at radius 3 is 3.04 bits per heavy atom. The van der Waals surface area contributed by atoms with E-state index in [2.05, 4.69) is 26.2 Å². The molecular weight excluding hydrogens is 402 g/mol. The molecule has 0 aliphatic heterocycles. The summed E-state index contributed by atoms with van der Waals surface area (Å²) in [6.45, 7) is 1.93. The Morgan fingerprint density at radius 2 is 2.24 bits per heavy atom. The van der Waals surface area contributed by atoms with Gasteiger partial charge in [0.25, 0.3) is 5.56 Å². The Morgan fingerprint density at radius 1 is 1.40 bits per heavy atom. The van der Waals surface area contributed by atoms with Crippen LogP contribution in [0.3, 0.4) is 0 Å². The molecule has 5 nitrogen and oxygen atoms in total. The van der Waals surface area contributed by atoms with Gasteiger partial charge in [0.2, 0.25) is 5.91 Å². The van der Waals surface area contributed by atoms with Crippen LogP contribution in [-0.2, 0) is 24.2 Å². The molecule has 128 valence electrons.